The van der Waals surface area contributed by atoms with Crippen molar-refractivity contribution in [1.29, 1.82) is 0 Å². The molecule has 0 aromatic heterocycles. The molecule has 0 heterocycles. The fraction of sp³-hybridized carbons (Fsp3) is 0.375. The predicted molar refractivity (Wildman–Crippen MR) is 80.0 cm³/mol. The third-order valence-electron chi connectivity index (χ3n) is 3.87. The van der Waals surface area contributed by atoms with Gasteiger partial charge in [-0.25, -0.2) is 0 Å². The maximum atomic E-state index is 11.5. The summed E-state index contributed by atoms with van der Waals surface area (Å²) >= 11 is 0. The lowest BCUT2D eigenvalue weighted by molar-refractivity contribution is -0.558. The van der Waals surface area contributed by atoms with Gasteiger partial charge in [0.25, 0.3) is 5.54 Å². The summed E-state index contributed by atoms with van der Waals surface area (Å²) in [6, 6.07) is 9.35. The highest BCUT2D eigenvalue weighted by Gasteiger charge is 2.48. The van der Waals surface area contributed by atoms with Gasteiger partial charge in [-0.15, -0.1) is 0 Å². The Hall–Kier alpha value is -1.94. The van der Waals surface area contributed by atoms with Crippen LogP contribution in [0.15, 0.2) is 54.1 Å². The third kappa shape index (κ3) is 2.65. The highest BCUT2D eigenvalue weighted by Crippen LogP contribution is 2.31. The van der Waals surface area contributed by atoms with E-state index in [0.29, 0.717) is 12.8 Å². The third-order valence-corrected chi connectivity index (χ3v) is 3.87. The number of benzene rings is 1. The molecule has 1 aliphatic rings. The van der Waals surface area contributed by atoms with Gasteiger partial charge in [0.1, 0.15) is 6.04 Å². The minimum atomic E-state index is -1.16. The number of nitrogens with two attached hydrogens (primary N) is 1. The molecule has 2 rings (SSSR count). The molecule has 0 aliphatic heterocycles. The molecule has 1 aromatic rings. The standard InChI is InChI=1S/C16H20N2O2/c1-2-10-16(18(19)20)11-6-9-14(15(16)17)12-13-7-4-3-5-8-13/h3-9,11,15H,2,10,12,17H2,1H3. The smallest absolute Gasteiger partial charge is 0.259 e. The lowest BCUT2D eigenvalue weighted by atomic mass is 9.77. The summed E-state index contributed by atoms with van der Waals surface area (Å²) in [7, 11) is 0. The van der Waals surface area contributed by atoms with Crippen LogP contribution in [0.25, 0.3) is 0 Å². The van der Waals surface area contributed by atoms with Gasteiger partial charge in [0, 0.05) is 11.3 Å². The van der Waals surface area contributed by atoms with Crippen LogP contribution in [0.3, 0.4) is 0 Å². The molecule has 106 valence electrons. The average Bonchev–Trinajstić information content (AvgIpc) is 2.44. The van der Waals surface area contributed by atoms with Crippen LogP contribution in [0, 0.1) is 10.1 Å². The molecule has 2 unspecified atom stereocenters. The first kappa shape index (κ1) is 14.5. The topological polar surface area (TPSA) is 69.2 Å². The van der Waals surface area contributed by atoms with Crippen LogP contribution in [-0.2, 0) is 6.42 Å². The second-order valence-corrected chi connectivity index (χ2v) is 5.24. The van der Waals surface area contributed by atoms with E-state index >= 15 is 0 Å². The number of nitrogens with zero attached hydrogens (tertiary/aromatic N) is 1. The molecule has 0 saturated carbocycles. The maximum Gasteiger partial charge on any atom is 0.259 e. The number of hydrogen-bond donors (Lipinski definition) is 1. The van der Waals surface area contributed by atoms with Crippen molar-refractivity contribution < 1.29 is 4.92 Å². The molecule has 0 radical (unpaired) electrons. The van der Waals surface area contributed by atoms with Gasteiger partial charge >= 0.3 is 0 Å². The molecule has 0 fully saturated rings. The van der Waals surface area contributed by atoms with E-state index in [1.807, 2.05) is 43.3 Å². The molecular formula is C16H20N2O2. The van der Waals surface area contributed by atoms with Crippen molar-refractivity contribution in [1.82, 2.24) is 0 Å². The van der Waals surface area contributed by atoms with Crippen molar-refractivity contribution in [3.05, 3.63) is 69.8 Å². The van der Waals surface area contributed by atoms with E-state index in [4.69, 9.17) is 5.73 Å². The van der Waals surface area contributed by atoms with Gasteiger partial charge in [0.15, 0.2) is 0 Å². The summed E-state index contributed by atoms with van der Waals surface area (Å²) in [6.45, 7) is 1.95. The molecule has 1 aromatic carbocycles. The zero-order valence-corrected chi connectivity index (χ0v) is 11.7. The Morgan fingerprint density at radius 1 is 1.35 bits per heavy atom. The number of allylic oxidation sites excluding steroid dienone is 2. The van der Waals surface area contributed by atoms with E-state index in [9.17, 15) is 10.1 Å². The lowest BCUT2D eigenvalue weighted by Crippen LogP contribution is -2.54. The second kappa shape index (κ2) is 6.01. The zero-order valence-electron chi connectivity index (χ0n) is 11.7. The molecule has 2 N–H and O–H groups in total. The average molecular weight is 272 g/mol. The number of rotatable bonds is 5. The molecule has 1 aliphatic carbocycles. The summed E-state index contributed by atoms with van der Waals surface area (Å²) in [5.74, 6) is 0. The van der Waals surface area contributed by atoms with Gasteiger partial charge < -0.3 is 5.73 Å². The van der Waals surface area contributed by atoms with Crippen LogP contribution in [0.5, 0.6) is 0 Å². The van der Waals surface area contributed by atoms with Crippen molar-refractivity contribution >= 4 is 0 Å². The summed E-state index contributed by atoms with van der Waals surface area (Å²) < 4.78 is 0. The molecule has 0 saturated heterocycles. The normalized spacial score (nSPS) is 25.3. The molecule has 20 heavy (non-hydrogen) atoms. The molecule has 0 bridgehead atoms. The van der Waals surface area contributed by atoms with E-state index < -0.39 is 11.6 Å². The van der Waals surface area contributed by atoms with Gasteiger partial charge in [0.2, 0.25) is 0 Å². The Morgan fingerprint density at radius 2 is 2.05 bits per heavy atom. The van der Waals surface area contributed by atoms with Gasteiger partial charge in [-0.3, -0.25) is 10.1 Å². The van der Waals surface area contributed by atoms with E-state index in [0.717, 1.165) is 17.6 Å². The molecule has 4 heteroatoms. The Kier molecular flexibility index (Phi) is 4.35. The van der Waals surface area contributed by atoms with Crippen LogP contribution < -0.4 is 5.73 Å². The van der Waals surface area contributed by atoms with E-state index in [2.05, 4.69) is 0 Å². The van der Waals surface area contributed by atoms with Crippen molar-refractivity contribution in [2.24, 2.45) is 5.73 Å². The monoisotopic (exact) mass is 272 g/mol. The lowest BCUT2D eigenvalue weighted by Gasteiger charge is -2.32. The molecule has 2 atom stereocenters. The van der Waals surface area contributed by atoms with Crippen LogP contribution in [0.1, 0.15) is 25.3 Å². The van der Waals surface area contributed by atoms with Gasteiger partial charge in [-0.1, -0.05) is 49.4 Å². The van der Waals surface area contributed by atoms with Crippen molar-refractivity contribution in [3.63, 3.8) is 0 Å². The highest BCUT2D eigenvalue weighted by molar-refractivity contribution is 5.35. The van der Waals surface area contributed by atoms with Crippen LogP contribution in [0.2, 0.25) is 0 Å². The molecule has 4 nitrogen and oxygen atoms in total. The SMILES string of the molecule is CCCC1([N+](=O)[O-])C=CC=C(Cc2ccccc2)C1N. The van der Waals surface area contributed by atoms with Gasteiger partial charge in [0.05, 0.1) is 0 Å². The highest BCUT2D eigenvalue weighted by atomic mass is 16.6. The van der Waals surface area contributed by atoms with E-state index in [1.165, 1.54) is 0 Å². The predicted octanol–water partition coefficient (Wildman–Crippen LogP) is 2.87. The maximum absolute atomic E-state index is 11.5. The zero-order chi connectivity index (χ0) is 14.6. The van der Waals surface area contributed by atoms with Crippen LogP contribution in [0.4, 0.5) is 0 Å². The van der Waals surface area contributed by atoms with E-state index in [1.54, 1.807) is 12.2 Å². The molecule has 0 amide bonds. The summed E-state index contributed by atoms with van der Waals surface area (Å²) in [6.07, 6.45) is 7.19. The fourth-order valence-corrected chi connectivity index (χ4v) is 2.77. The Balaban J connectivity index is 2.26. The summed E-state index contributed by atoms with van der Waals surface area (Å²) in [5, 5.41) is 11.5. The Bertz CT molecular complexity index is 537. The van der Waals surface area contributed by atoms with Gasteiger partial charge in [-0.2, -0.15) is 0 Å². The van der Waals surface area contributed by atoms with Crippen molar-refractivity contribution in [3.8, 4) is 0 Å². The minimum absolute atomic E-state index is 0.227. The molecule has 0 spiro atoms. The second-order valence-electron chi connectivity index (χ2n) is 5.24. The van der Waals surface area contributed by atoms with Crippen molar-refractivity contribution in [2.75, 3.05) is 0 Å². The van der Waals surface area contributed by atoms with Gasteiger partial charge in [-0.05, 0) is 30.1 Å². The first-order valence-corrected chi connectivity index (χ1v) is 6.92. The Morgan fingerprint density at radius 3 is 2.65 bits per heavy atom. The quantitative estimate of drug-likeness (QED) is 0.662. The minimum Gasteiger partial charge on any atom is -0.318 e. The number of nitro groups is 1. The van der Waals surface area contributed by atoms with Crippen LogP contribution in [-0.4, -0.2) is 16.5 Å². The fourth-order valence-electron chi connectivity index (χ4n) is 2.77. The number of hydrogen-bond acceptors (Lipinski definition) is 3. The Labute approximate surface area is 119 Å². The summed E-state index contributed by atoms with van der Waals surface area (Å²) in [5.41, 5.74) is 7.12. The van der Waals surface area contributed by atoms with Crippen LogP contribution >= 0.6 is 0 Å². The summed E-state index contributed by atoms with van der Waals surface area (Å²) in [4.78, 5) is 11.3. The first-order valence-electron chi connectivity index (χ1n) is 6.92. The molecular weight excluding hydrogens is 252 g/mol. The van der Waals surface area contributed by atoms with E-state index in [-0.39, 0.29) is 4.92 Å². The largest absolute Gasteiger partial charge is 0.318 e. The van der Waals surface area contributed by atoms with Crippen molar-refractivity contribution in [2.45, 2.75) is 37.8 Å². The first-order chi connectivity index (χ1) is 9.60.